The van der Waals surface area contributed by atoms with Gasteiger partial charge in [-0.15, -0.1) is 0 Å². The van der Waals surface area contributed by atoms with Crippen molar-refractivity contribution in [2.24, 2.45) is 0 Å². The summed E-state index contributed by atoms with van der Waals surface area (Å²) in [5.74, 6) is -7.17. The summed E-state index contributed by atoms with van der Waals surface area (Å²) >= 11 is 9.39. The minimum absolute atomic E-state index is 1.17. The molecule has 0 saturated carbocycles. The molecule has 0 amide bonds. The Bertz CT molecular complexity index is 352. The molecule has 2 radical (unpaired) electrons. The Labute approximate surface area is 129 Å². The highest BCUT2D eigenvalue weighted by atomic mass is 79.9. The molecular formula is C4H9BBr2ClN2O8P. The fourth-order valence-electron chi connectivity index (χ4n) is 0.579. The molecule has 0 aromatic heterocycles. The van der Waals surface area contributed by atoms with Crippen molar-refractivity contribution >= 4 is 57.7 Å². The van der Waals surface area contributed by atoms with E-state index in [1.807, 2.05) is 15.9 Å². The van der Waals surface area contributed by atoms with Crippen LogP contribution >= 0.6 is 49.9 Å². The smallest absolute Gasteiger partial charge is 0.308 e. The molecule has 0 aliphatic heterocycles. The minimum Gasteiger partial charge on any atom is -0.382 e. The fraction of sp³-hybridized carbons (Fsp3) is 1.00. The maximum atomic E-state index is 11.6. The van der Waals surface area contributed by atoms with Crippen LogP contribution in [-0.2, 0) is 4.57 Å². The zero-order chi connectivity index (χ0) is 15.9. The largest absolute Gasteiger partial charge is 0.382 e. The highest BCUT2D eigenvalue weighted by Crippen LogP contribution is 2.48. The van der Waals surface area contributed by atoms with Gasteiger partial charge in [0.05, 0.1) is 0 Å². The average molecular weight is 450 g/mol. The Balaban J connectivity index is 5.10. The predicted molar refractivity (Wildman–Crippen MR) is 69.8 cm³/mol. The van der Waals surface area contributed by atoms with Gasteiger partial charge in [-0.2, -0.15) is 10.2 Å². The molecular weight excluding hydrogens is 441 g/mol. The second-order valence-corrected chi connectivity index (χ2v) is 8.62. The summed E-state index contributed by atoms with van der Waals surface area (Å²) < 4.78 is 5.29. The fourth-order valence-corrected chi connectivity index (χ4v) is 2.97. The van der Waals surface area contributed by atoms with E-state index in [0.29, 0.717) is 0 Å². The molecule has 112 valence electrons. The Hall–Kier alpha value is 1.18. The molecule has 19 heavy (non-hydrogen) atoms. The summed E-state index contributed by atoms with van der Waals surface area (Å²) in [5, 5.41) is 65.8. The van der Waals surface area contributed by atoms with Crippen LogP contribution in [0.3, 0.4) is 0 Å². The molecule has 0 spiro atoms. The van der Waals surface area contributed by atoms with Crippen LogP contribution in [0, 0.1) is 0 Å². The van der Waals surface area contributed by atoms with Crippen LogP contribution in [-0.4, -0.2) is 64.5 Å². The van der Waals surface area contributed by atoms with Crippen molar-refractivity contribution in [3.63, 3.8) is 0 Å². The van der Waals surface area contributed by atoms with Gasteiger partial charge in [-0.05, 0) is 27.2 Å². The van der Waals surface area contributed by atoms with Gasteiger partial charge in [-0.1, -0.05) is 15.9 Å². The van der Waals surface area contributed by atoms with Crippen LogP contribution in [0.15, 0.2) is 0 Å². The van der Waals surface area contributed by atoms with E-state index >= 15 is 0 Å². The van der Waals surface area contributed by atoms with E-state index in [2.05, 4.69) is 15.9 Å². The monoisotopic (exact) mass is 448 g/mol. The van der Waals surface area contributed by atoms with Gasteiger partial charge in [-0.3, -0.25) is 4.57 Å². The lowest BCUT2D eigenvalue weighted by molar-refractivity contribution is -0.312. The third-order valence-corrected chi connectivity index (χ3v) is 4.34. The number of rotatable bonds is 6. The summed E-state index contributed by atoms with van der Waals surface area (Å²) in [7, 11) is 4.84. The molecule has 9 N–H and O–H groups in total. The standard InChI is InChI=1S/C4H9BBr2ClN2O8P/c5-1(6,11)3(14,15)9-19(8,18)10-4(16,17)2(7,12)13/h11-17H,(H2,9,10,18). The number of nitrogens with one attached hydrogen (secondary N) is 2. The first-order chi connectivity index (χ1) is 7.91. The van der Waals surface area contributed by atoms with Crippen molar-refractivity contribution in [1.82, 2.24) is 10.2 Å². The summed E-state index contributed by atoms with van der Waals surface area (Å²) in [6, 6.07) is 0. The van der Waals surface area contributed by atoms with Crippen molar-refractivity contribution in [3.8, 4) is 0 Å². The summed E-state index contributed by atoms with van der Waals surface area (Å²) in [4.78, 5) is 0. The van der Waals surface area contributed by atoms with Crippen LogP contribution in [0.25, 0.3) is 0 Å². The van der Waals surface area contributed by atoms with Gasteiger partial charge in [0.2, 0.25) is 0 Å². The van der Waals surface area contributed by atoms with Gasteiger partial charge < -0.3 is 35.7 Å². The van der Waals surface area contributed by atoms with Gasteiger partial charge >= 0.3 is 6.80 Å². The summed E-state index contributed by atoms with van der Waals surface area (Å²) in [5.41, 5.74) is 0. The van der Waals surface area contributed by atoms with Crippen molar-refractivity contribution in [1.29, 1.82) is 0 Å². The lowest BCUT2D eigenvalue weighted by Crippen LogP contribution is -2.63. The first-order valence-corrected chi connectivity index (χ1v) is 8.23. The maximum absolute atomic E-state index is 11.6. The number of halogens is 3. The third kappa shape index (κ3) is 5.83. The molecule has 0 fully saturated rings. The van der Waals surface area contributed by atoms with E-state index in [9.17, 15) is 14.8 Å². The molecule has 0 heterocycles. The lowest BCUT2D eigenvalue weighted by Gasteiger charge is -2.37. The van der Waals surface area contributed by atoms with Gasteiger partial charge in [0.1, 0.15) is 12.3 Å². The van der Waals surface area contributed by atoms with E-state index in [4.69, 9.17) is 44.6 Å². The number of aliphatic hydroxyl groups is 7. The zero-order valence-electron chi connectivity index (χ0n) is 8.70. The van der Waals surface area contributed by atoms with Crippen LogP contribution in [0.5, 0.6) is 0 Å². The van der Waals surface area contributed by atoms with Crippen molar-refractivity contribution < 1.29 is 40.3 Å². The lowest BCUT2D eigenvalue weighted by atomic mass is 9.97. The van der Waals surface area contributed by atoms with Crippen LogP contribution in [0.1, 0.15) is 0 Å². The Morgan fingerprint density at radius 3 is 1.53 bits per heavy atom. The van der Waals surface area contributed by atoms with E-state index in [0.717, 1.165) is 0 Å². The number of alkyl halides is 2. The first-order valence-electron chi connectivity index (χ1n) is 4.03. The van der Waals surface area contributed by atoms with Crippen LogP contribution in [0.4, 0.5) is 0 Å². The topological polar surface area (TPSA) is 183 Å². The van der Waals surface area contributed by atoms with Gasteiger partial charge in [0, 0.05) is 0 Å². The molecule has 2 atom stereocenters. The molecule has 0 rings (SSSR count). The van der Waals surface area contributed by atoms with Gasteiger partial charge in [-0.25, -0.2) is 0 Å². The maximum Gasteiger partial charge on any atom is 0.308 e. The predicted octanol–water partition coefficient (Wildman–Crippen LogP) is -2.97. The summed E-state index contributed by atoms with van der Waals surface area (Å²) in [6.45, 7) is -4.78. The molecule has 0 saturated heterocycles. The third-order valence-electron chi connectivity index (χ3n) is 1.53. The van der Waals surface area contributed by atoms with Crippen LogP contribution < -0.4 is 10.2 Å². The highest BCUT2D eigenvalue weighted by Gasteiger charge is 2.53. The average Bonchev–Trinajstić information content (AvgIpc) is 1.93. The molecule has 10 nitrogen and oxygen atoms in total. The Morgan fingerprint density at radius 2 is 1.26 bits per heavy atom. The normalized spacial score (nSPS) is 20.7. The molecule has 0 aliphatic rings. The second kappa shape index (κ2) is 5.76. The van der Waals surface area contributed by atoms with Gasteiger partial charge in [0.15, 0.2) is 0 Å². The Kier molecular flexibility index (Phi) is 6.12. The van der Waals surface area contributed by atoms with E-state index in [-0.39, 0.29) is 0 Å². The highest BCUT2D eigenvalue weighted by molar-refractivity contribution is 9.10. The van der Waals surface area contributed by atoms with Crippen LogP contribution in [0.2, 0.25) is 0 Å². The van der Waals surface area contributed by atoms with E-state index in [1.54, 1.807) is 0 Å². The SMILES string of the molecule is [B]C(O)(Br)C(O)(O)NP(=O)(Cl)NC(O)(O)C(O)(O)Br. The van der Waals surface area contributed by atoms with Crippen molar-refractivity contribution in [2.75, 3.05) is 0 Å². The zero-order valence-corrected chi connectivity index (χ0v) is 13.5. The molecule has 0 aliphatic carbocycles. The summed E-state index contributed by atoms with van der Waals surface area (Å²) in [6.07, 6.45) is 0. The van der Waals surface area contributed by atoms with Crippen molar-refractivity contribution in [2.45, 2.75) is 20.9 Å². The molecule has 2 unspecified atom stereocenters. The minimum atomic E-state index is -4.78. The number of hydrogen-bond donors (Lipinski definition) is 9. The molecule has 0 aromatic rings. The van der Waals surface area contributed by atoms with E-state index in [1.165, 1.54) is 10.2 Å². The van der Waals surface area contributed by atoms with E-state index < -0.39 is 27.7 Å². The molecule has 0 bridgehead atoms. The van der Waals surface area contributed by atoms with Crippen molar-refractivity contribution in [3.05, 3.63) is 0 Å². The van der Waals surface area contributed by atoms with Gasteiger partial charge in [0.25, 0.3) is 16.5 Å². The molecule has 0 aromatic carbocycles. The first kappa shape index (κ1) is 20.2. The second-order valence-electron chi connectivity index (χ2n) is 3.36. The molecule has 15 heteroatoms. The number of hydrogen-bond acceptors (Lipinski definition) is 8. The quantitative estimate of drug-likeness (QED) is 0.0877. The Morgan fingerprint density at radius 1 is 0.947 bits per heavy atom.